The molecule has 1 saturated carbocycles. The summed E-state index contributed by atoms with van der Waals surface area (Å²) in [6, 6.07) is 5.72. The summed E-state index contributed by atoms with van der Waals surface area (Å²) in [5.74, 6) is 0. The normalized spacial score (nSPS) is 14.8. The average molecular weight is 335 g/mol. The first kappa shape index (κ1) is 15.0. The zero-order valence-electron chi connectivity index (χ0n) is 13.1. The first-order chi connectivity index (χ1) is 12.1. The van der Waals surface area contributed by atoms with Gasteiger partial charge in [-0.3, -0.25) is 19.1 Å². The van der Waals surface area contributed by atoms with Crippen LogP contribution in [0.2, 0.25) is 0 Å². The highest BCUT2D eigenvalue weighted by Crippen LogP contribution is 2.41. The number of aromatic nitrogens is 6. The molecule has 25 heavy (non-hydrogen) atoms. The van der Waals surface area contributed by atoms with Gasteiger partial charge in [0.05, 0.1) is 30.7 Å². The Hall–Kier alpha value is -3.54. The fourth-order valence-corrected chi connectivity index (χ4v) is 2.66. The second kappa shape index (κ2) is 5.52. The zero-order valence-corrected chi connectivity index (χ0v) is 13.1. The van der Waals surface area contributed by atoms with E-state index >= 15 is 0 Å². The number of rotatable bonds is 4. The van der Waals surface area contributed by atoms with Gasteiger partial charge >= 0.3 is 11.1 Å². The molecular weight excluding hydrogens is 322 g/mol. The van der Waals surface area contributed by atoms with Gasteiger partial charge in [0.1, 0.15) is 11.2 Å². The third-order valence-corrected chi connectivity index (χ3v) is 4.23. The van der Waals surface area contributed by atoms with Crippen molar-refractivity contribution in [3.8, 4) is 11.8 Å². The van der Waals surface area contributed by atoms with E-state index in [1.807, 2.05) is 6.07 Å². The zero-order chi connectivity index (χ0) is 17.4. The largest absolute Gasteiger partial charge is 0.317 e. The minimum atomic E-state index is -0.848. The Morgan fingerprint density at radius 1 is 1.24 bits per heavy atom. The van der Waals surface area contributed by atoms with E-state index in [9.17, 15) is 14.9 Å². The highest BCUT2D eigenvalue weighted by molar-refractivity contribution is 5.26. The molecule has 124 valence electrons. The Morgan fingerprint density at radius 3 is 2.76 bits per heavy atom. The fraction of sp³-hybridized carbons (Fsp3) is 0.250. The Bertz CT molecular complexity index is 1080. The molecule has 3 aromatic heterocycles. The van der Waals surface area contributed by atoms with E-state index in [0.717, 1.165) is 5.69 Å². The molecule has 4 rings (SSSR count). The summed E-state index contributed by atoms with van der Waals surface area (Å²) in [6.45, 7) is 0.120. The molecule has 0 unspecified atom stereocenters. The molecule has 0 aliphatic heterocycles. The molecule has 3 heterocycles. The smallest absolute Gasteiger partial charge is 0.303 e. The number of pyridine rings is 1. The van der Waals surface area contributed by atoms with E-state index in [-0.39, 0.29) is 6.54 Å². The van der Waals surface area contributed by atoms with Crippen LogP contribution in [0, 0.1) is 11.3 Å². The summed E-state index contributed by atoms with van der Waals surface area (Å²) in [5.41, 5.74) is -0.946. The SMILES string of the molecule is N#CC1(n2ccn(Cc3cn(-c4cccnc4)nn3)c(=O)c2=O)CC1. The van der Waals surface area contributed by atoms with Gasteiger partial charge in [-0.25, -0.2) is 4.68 Å². The van der Waals surface area contributed by atoms with Crippen LogP contribution in [0.3, 0.4) is 0 Å². The maximum absolute atomic E-state index is 12.3. The van der Waals surface area contributed by atoms with Crippen molar-refractivity contribution < 1.29 is 0 Å². The summed E-state index contributed by atoms with van der Waals surface area (Å²) in [7, 11) is 0. The van der Waals surface area contributed by atoms with Crippen LogP contribution in [-0.4, -0.2) is 29.1 Å². The van der Waals surface area contributed by atoms with Crippen molar-refractivity contribution in [3.63, 3.8) is 0 Å². The second-order valence-corrected chi connectivity index (χ2v) is 5.92. The first-order valence-corrected chi connectivity index (χ1v) is 7.68. The standard InChI is InChI=1S/C16H13N7O2/c17-11-16(3-4-16)22-7-6-21(14(24)15(22)25)9-12-10-23(20-19-12)13-2-1-5-18-8-13/h1-2,5-8,10H,3-4,9H2. The van der Waals surface area contributed by atoms with Gasteiger partial charge in [-0.2, -0.15) is 5.26 Å². The summed E-state index contributed by atoms with van der Waals surface area (Å²) in [4.78, 5) is 28.6. The van der Waals surface area contributed by atoms with E-state index in [1.54, 1.807) is 29.3 Å². The maximum atomic E-state index is 12.3. The third-order valence-electron chi connectivity index (χ3n) is 4.23. The van der Waals surface area contributed by atoms with Gasteiger partial charge in [-0.05, 0) is 25.0 Å². The quantitative estimate of drug-likeness (QED) is 0.623. The van der Waals surface area contributed by atoms with Gasteiger partial charge in [0.15, 0.2) is 0 Å². The highest BCUT2D eigenvalue weighted by atomic mass is 16.2. The van der Waals surface area contributed by atoms with Crippen LogP contribution in [0.25, 0.3) is 5.69 Å². The molecule has 0 spiro atoms. The highest BCUT2D eigenvalue weighted by Gasteiger charge is 2.46. The van der Waals surface area contributed by atoms with Crippen molar-refractivity contribution in [2.24, 2.45) is 0 Å². The van der Waals surface area contributed by atoms with Gasteiger partial charge in [-0.15, -0.1) is 5.10 Å². The lowest BCUT2D eigenvalue weighted by molar-refractivity contribution is 0.555. The van der Waals surface area contributed by atoms with Gasteiger partial charge in [0.2, 0.25) is 0 Å². The van der Waals surface area contributed by atoms with E-state index < -0.39 is 16.7 Å². The molecule has 9 heteroatoms. The van der Waals surface area contributed by atoms with Gasteiger partial charge < -0.3 is 4.57 Å². The van der Waals surface area contributed by atoms with Crippen LogP contribution in [0.1, 0.15) is 18.5 Å². The Morgan fingerprint density at radius 2 is 2.08 bits per heavy atom. The first-order valence-electron chi connectivity index (χ1n) is 7.68. The lowest BCUT2D eigenvalue weighted by atomic mass is 10.3. The topological polar surface area (TPSA) is 111 Å². The molecule has 1 aliphatic carbocycles. The lowest BCUT2D eigenvalue weighted by Gasteiger charge is -2.11. The van der Waals surface area contributed by atoms with Crippen LogP contribution >= 0.6 is 0 Å². The van der Waals surface area contributed by atoms with Crippen molar-refractivity contribution >= 4 is 0 Å². The minimum Gasteiger partial charge on any atom is -0.303 e. The van der Waals surface area contributed by atoms with E-state index in [2.05, 4.69) is 21.4 Å². The van der Waals surface area contributed by atoms with Crippen LogP contribution in [-0.2, 0) is 12.1 Å². The molecule has 3 aromatic rings. The predicted molar refractivity (Wildman–Crippen MR) is 86.0 cm³/mol. The Kier molecular flexibility index (Phi) is 3.32. The lowest BCUT2D eigenvalue weighted by Crippen LogP contribution is -2.44. The van der Waals surface area contributed by atoms with Gasteiger partial charge in [0, 0.05) is 18.6 Å². The van der Waals surface area contributed by atoms with E-state index in [1.165, 1.54) is 21.5 Å². The molecule has 0 aromatic carbocycles. The van der Waals surface area contributed by atoms with Crippen molar-refractivity contribution in [3.05, 3.63) is 69.5 Å². The molecule has 0 saturated heterocycles. The second-order valence-electron chi connectivity index (χ2n) is 5.92. The molecule has 1 fully saturated rings. The monoisotopic (exact) mass is 335 g/mol. The fourth-order valence-electron chi connectivity index (χ4n) is 2.66. The van der Waals surface area contributed by atoms with Gasteiger partial charge in [0.25, 0.3) is 0 Å². The maximum Gasteiger partial charge on any atom is 0.317 e. The number of nitrogens with zero attached hydrogens (tertiary/aromatic N) is 7. The molecule has 1 aliphatic rings. The van der Waals surface area contributed by atoms with E-state index in [0.29, 0.717) is 18.5 Å². The van der Waals surface area contributed by atoms with Crippen molar-refractivity contribution in [2.75, 3.05) is 0 Å². The molecule has 0 bridgehead atoms. The van der Waals surface area contributed by atoms with Crippen molar-refractivity contribution in [1.29, 1.82) is 5.26 Å². The van der Waals surface area contributed by atoms with Crippen molar-refractivity contribution in [2.45, 2.75) is 24.9 Å². The van der Waals surface area contributed by atoms with Crippen LogP contribution in [0.15, 0.2) is 52.7 Å². The summed E-state index contributed by atoms with van der Waals surface area (Å²) in [6.07, 6.45) is 9.15. The molecular formula is C16H13N7O2. The Labute approximate surface area is 141 Å². The molecule has 0 amide bonds. The summed E-state index contributed by atoms with van der Waals surface area (Å²) < 4.78 is 4.05. The van der Waals surface area contributed by atoms with Crippen LogP contribution < -0.4 is 11.1 Å². The Balaban J connectivity index is 1.63. The number of hydrogen-bond donors (Lipinski definition) is 0. The van der Waals surface area contributed by atoms with E-state index in [4.69, 9.17) is 0 Å². The average Bonchev–Trinajstić information content (AvgIpc) is 3.30. The number of hydrogen-bond acceptors (Lipinski definition) is 6. The number of nitriles is 1. The van der Waals surface area contributed by atoms with Crippen molar-refractivity contribution in [1.82, 2.24) is 29.1 Å². The minimum absolute atomic E-state index is 0.120. The molecule has 0 N–H and O–H groups in total. The molecule has 0 radical (unpaired) electrons. The van der Waals surface area contributed by atoms with Crippen LogP contribution in [0.5, 0.6) is 0 Å². The summed E-state index contributed by atoms with van der Waals surface area (Å²) >= 11 is 0. The molecule has 0 atom stereocenters. The van der Waals surface area contributed by atoms with Gasteiger partial charge in [-0.1, -0.05) is 5.21 Å². The van der Waals surface area contributed by atoms with Crippen LogP contribution in [0.4, 0.5) is 0 Å². The summed E-state index contributed by atoms with van der Waals surface area (Å²) in [5, 5.41) is 17.2. The third kappa shape index (κ3) is 2.53. The predicted octanol–water partition coefficient (Wildman–Crippen LogP) is 0.0467. The molecule has 9 nitrogen and oxygen atoms in total.